The van der Waals surface area contributed by atoms with Gasteiger partial charge in [-0.05, 0) is 37.1 Å². The highest BCUT2D eigenvalue weighted by Gasteiger charge is 2.13. The van der Waals surface area contributed by atoms with E-state index in [9.17, 15) is 14.7 Å². The van der Waals surface area contributed by atoms with Crippen molar-refractivity contribution in [3.63, 3.8) is 0 Å². The molecule has 0 saturated carbocycles. The molecule has 0 heterocycles. The normalized spacial score (nSPS) is 11.6. The summed E-state index contributed by atoms with van der Waals surface area (Å²) < 4.78 is 21.0. The molecule has 7 nitrogen and oxygen atoms in total. The Bertz CT molecular complexity index is 915. The smallest absolute Gasteiger partial charge is 0.330 e. The summed E-state index contributed by atoms with van der Waals surface area (Å²) in [5.41, 5.74) is 0. The molecule has 0 saturated heterocycles. The number of esters is 2. The second kappa shape index (κ2) is 22.4. The Kier molecular flexibility index (Phi) is 19.2. The number of para-hydroxylation sites is 2. The molecule has 0 aromatic heterocycles. The van der Waals surface area contributed by atoms with Crippen molar-refractivity contribution < 1.29 is 33.6 Å². The number of hydrogen-bond acceptors (Lipinski definition) is 7. The van der Waals surface area contributed by atoms with Crippen LogP contribution in [0.25, 0.3) is 0 Å². The molecule has 0 aliphatic heterocycles. The zero-order valence-corrected chi connectivity index (χ0v) is 23.2. The van der Waals surface area contributed by atoms with Gasteiger partial charge in [0.05, 0.1) is 0 Å². The first-order valence-electron chi connectivity index (χ1n) is 13.6. The third-order valence-corrected chi connectivity index (χ3v) is 5.52. The molecule has 0 amide bonds. The standard InChI is InChI=1S/C20H30O3.C12H14O4/c1-3-5-6-7-8-9-11-16-19(17-22-20(21)4-2)23-18-14-12-10-13-15-18;1-2-12(14)16-9-10(13)8-15-11-6-4-3-5-7-11/h4,10,12-15,19H,2-3,5-9,11,16-17H2,1H3;2-7,10,13H,1,8-9H2. The maximum Gasteiger partial charge on any atom is 0.330 e. The maximum atomic E-state index is 11.2. The first-order valence-corrected chi connectivity index (χ1v) is 13.6. The van der Waals surface area contributed by atoms with Gasteiger partial charge >= 0.3 is 11.9 Å². The number of ether oxygens (including phenoxy) is 4. The monoisotopic (exact) mass is 540 g/mol. The summed E-state index contributed by atoms with van der Waals surface area (Å²) >= 11 is 0. The average molecular weight is 541 g/mol. The van der Waals surface area contributed by atoms with E-state index in [-0.39, 0.29) is 25.9 Å². The van der Waals surface area contributed by atoms with E-state index in [1.165, 1.54) is 44.6 Å². The van der Waals surface area contributed by atoms with Crippen LogP contribution in [0.1, 0.15) is 58.3 Å². The summed E-state index contributed by atoms with van der Waals surface area (Å²) in [5.74, 6) is 0.525. The second-order valence-electron chi connectivity index (χ2n) is 8.91. The third kappa shape index (κ3) is 18.3. The summed E-state index contributed by atoms with van der Waals surface area (Å²) in [5, 5.41) is 9.42. The van der Waals surface area contributed by atoms with Crippen LogP contribution in [0.5, 0.6) is 11.5 Å². The molecule has 0 spiro atoms. The molecule has 7 heteroatoms. The van der Waals surface area contributed by atoms with Crippen LogP contribution in [0.15, 0.2) is 86.0 Å². The van der Waals surface area contributed by atoms with Gasteiger partial charge in [-0.1, -0.05) is 95.0 Å². The van der Waals surface area contributed by atoms with Crippen molar-refractivity contribution in [3.8, 4) is 11.5 Å². The number of benzene rings is 2. The van der Waals surface area contributed by atoms with Gasteiger partial charge in [0, 0.05) is 12.2 Å². The molecule has 2 rings (SSSR count). The molecule has 39 heavy (non-hydrogen) atoms. The third-order valence-electron chi connectivity index (χ3n) is 5.52. The predicted molar refractivity (Wildman–Crippen MR) is 154 cm³/mol. The van der Waals surface area contributed by atoms with Crippen LogP contribution in [-0.2, 0) is 19.1 Å². The Morgan fingerprint density at radius 3 is 1.82 bits per heavy atom. The first kappa shape index (κ1) is 33.4. The largest absolute Gasteiger partial charge is 0.491 e. The van der Waals surface area contributed by atoms with Crippen LogP contribution in [0, 0.1) is 0 Å². The fraction of sp³-hybridized carbons (Fsp3) is 0.438. The number of rotatable bonds is 19. The number of carbonyl (C=O) groups is 2. The Morgan fingerprint density at radius 1 is 0.744 bits per heavy atom. The molecule has 0 fully saturated rings. The van der Waals surface area contributed by atoms with Gasteiger partial charge in [0.2, 0.25) is 0 Å². The van der Waals surface area contributed by atoms with Crippen LogP contribution in [0.2, 0.25) is 0 Å². The van der Waals surface area contributed by atoms with E-state index in [1.807, 2.05) is 48.5 Å². The highest BCUT2D eigenvalue weighted by Crippen LogP contribution is 2.16. The molecule has 2 unspecified atom stereocenters. The number of carbonyl (C=O) groups excluding carboxylic acids is 2. The van der Waals surface area contributed by atoms with Gasteiger partial charge in [-0.2, -0.15) is 0 Å². The summed E-state index contributed by atoms with van der Waals surface area (Å²) in [6, 6.07) is 18.8. The van der Waals surface area contributed by atoms with Gasteiger partial charge in [0.25, 0.3) is 0 Å². The Balaban J connectivity index is 0.000000416. The zero-order valence-electron chi connectivity index (χ0n) is 23.2. The van der Waals surface area contributed by atoms with Crippen molar-refractivity contribution in [2.24, 2.45) is 0 Å². The molecule has 0 bridgehead atoms. The van der Waals surface area contributed by atoms with E-state index in [4.69, 9.17) is 14.2 Å². The predicted octanol–water partition coefficient (Wildman–Crippen LogP) is 6.46. The molecule has 2 atom stereocenters. The minimum Gasteiger partial charge on any atom is -0.491 e. The summed E-state index contributed by atoms with van der Waals surface area (Å²) in [6.07, 6.45) is 11.0. The summed E-state index contributed by atoms with van der Waals surface area (Å²) in [6.45, 7) is 9.15. The minimum absolute atomic E-state index is 0.0778. The maximum absolute atomic E-state index is 11.2. The molecule has 2 aromatic rings. The zero-order chi connectivity index (χ0) is 28.6. The Hall–Kier alpha value is -3.58. The average Bonchev–Trinajstić information content (AvgIpc) is 2.98. The number of aliphatic hydroxyl groups is 1. The molecular weight excluding hydrogens is 496 g/mol. The van der Waals surface area contributed by atoms with Gasteiger partial charge in [0.1, 0.15) is 43.5 Å². The van der Waals surface area contributed by atoms with Crippen molar-refractivity contribution in [2.75, 3.05) is 19.8 Å². The number of hydrogen-bond donors (Lipinski definition) is 1. The van der Waals surface area contributed by atoms with Crippen LogP contribution in [-0.4, -0.2) is 49.1 Å². The Morgan fingerprint density at radius 2 is 1.26 bits per heavy atom. The topological polar surface area (TPSA) is 91.3 Å². The number of unbranched alkanes of at least 4 members (excludes halogenated alkanes) is 6. The molecular formula is C32H44O7. The molecule has 2 aromatic carbocycles. The van der Waals surface area contributed by atoms with Crippen LogP contribution in [0.3, 0.4) is 0 Å². The van der Waals surface area contributed by atoms with E-state index in [2.05, 4.69) is 24.8 Å². The fourth-order valence-electron chi connectivity index (χ4n) is 3.43. The van der Waals surface area contributed by atoms with Gasteiger partial charge < -0.3 is 24.1 Å². The van der Waals surface area contributed by atoms with Crippen LogP contribution in [0.4, 0.5) is 0 Å². The Labute approximate surface area is 233 Å². The van der Waals surface area contributed by atoms with Crippen LogP contribution >= 0.6 is 0 Å². The van der Waals surface area contributed by atoms with E-state index in [0.717, 1.165) is 24.7 Å². The van der Waals surface area contributed by atoms with Crippen LogP contribution < -0.4 is 9.47 Å². The van der Waals surface area contributed by atoms with Crippen molar-refractivity contribution in [1.82, 2.24) is 0 Å². The SMILES string of the molecule is C=CC(=O)OCC(CCCCCCCCC)Oc1ccccc1.C=CC(=O)OCC(O)COc1ccccc1. The molecule has 0 radical (unpaired) electrons. The lowest BCUT2D eigenvalue weighted by molar-refractivity contribution is -0.141. The highest BCUT2D eigenvalue weighted by atomic mass is 16.6. The molecule has 0 aliphatic carbocycles. The van der Waals surface area contributed by atoms with E-state index < -0.39 is 18.0 Å². The lowest BCUT2D eigenvalue weighted by Gasteiger charge is -2.19. The lowest BCUT2D eigenvalue weighted by Crippen LogP contribution is -2.24. The highest BCUT2D eigenvalue weighted by molar-refractivity contribution is 5.81. The number of aliphatic hydroxyl groups excluding tert-OH is 1. The molecule has 214 valence electrons. The fourth-order valence-corrected chi connectivity index (χ4v) is 3.43. The van der Waals surface area contributed by atoms with Gasteiger partial charge in [-0.15, -0.1) is 0 Å². The van der Waals surface area contributed by atoms with Gasteiger partial charge in [0.15, 0.2) is 0 Å². The van der Waals surface area contributed by atoms with Crippen molar-refractivity contribution in [1.29, 1.82) is 0 Å². The van der Waals surface area contributed by atoms with E-state index >= 15 is 0 Å². The summed E-state index contributed by atoms with van der Waals surface area (Å²) in [4.78, 5) is 21.9. The van der Waals surface area contributed by atoms with Crippen molar-refractivity contribution >= 4 is 11.9 Å². The quantitative estimate of drug-likeness (QED) is 0.124. The lowest BCUT2D eigenvalue weighted by atomic mass is 10.1. The molecule has 1 N–H and O–H groups in total. The van der Waals surface area contributed by atoms with E-state index in [1.54, 1.807) is 12.1 Å². The second-order valence-corrected chi connectivity index (χ2v) is 8.91. The summed E-state index contributed by atoms with van der Waals surface area (Å²) in [7, 11) is 0. The van der Waals surface area contributed by atoms with E-state index in [0.29, 0.717) is 5.75 Å². The van der Waals surface area contributed by atoms with Crippen molar-refractivity contribution in [2.45, 2.75) is 70.5 Å². The minimum atomic E-state index is -0.843. The van der Waals surface area contributed by atoms with Crippen molar-refractivity contribution in [3.05, 3.63) is 86.0 Å². The molecule has 0 aliphatic rings. The first-order chi connectivity index (χ1) is 19.0. The van der Waals surface area contributed by atoms with Gasteiger partial charge in [-0.25, -0.2) is 9.59 Å². The van der Waals surface area contributed by atoms with Gasteiger partial charge in [-0.3, -0.25) is 0 Å².